The first kappa shape index (κ1) is 28.9. The second-order valence-electron chi connectivity index (χ2n) is 11.8. The largest absolute Gasteiger partial charge is 0.508 e. The zero-order valence-corrected chi connectivity index (χ0v) is 23.9. The van der Waals surface area contributed by atoms with Crippen molar-refractivity contribution in [2.24, 2.45) is 11.8 Å². The molecule has 0 unspecified atom stereocenters. The smallest absolute Gasteiger partial charge is 0.203 e. The zero-order chi connectivity index (χ0) is 27.3. The Balaban J connectivity index is 1.65. The fraction of sp³-hybridized carbons (Fsp3) is 0.594. The summed E-state index contributed by atoms with van der Waals surface area (Å²) in [7, 11) is 0. The molecule has 2 N–H and O–H groups in total. The monoisotopic (exact) mass is 510 g/mol. The van der Waals surface area contributed by atoms with Crippen LogP contribution in [0, 0.1) is 32.6 Å². The maximum Gasteiger partial charge on any atom is 0.203 e. The summed E-state index contributed by atoms with van der Waals surface area (Å²) in [5.41, 5.74) is 4.18. The highest BCUT2D eigenvalue weighted by molar-refractivity contribution is 5.99. The van der Waals surface area contributed by atoms with E-state index in [1.807, 2.05) is 13.8 Å². The summed E-state index contributed by atoms with van der Waals surface area (Å²) in [4.78, 5) is 12.7. The van der Waals surface area contributed by atoms with E-state index in [1.54, 1.807) is 0 Å². The highest BCUT2D eigenvalue weighted by Crippen LogP contribution is 2.45. The van der Waals surface area contributed by atoms with E-state index in [0.29, 0.717) is 5.75 Å². The van der Waals surface area contributed by atoms with Crippen molar-refractivity contribution in [2.45, 2.75) is 105 Å². The Morgan fingerprint density at radius 2 is 1.73 bits per heavy atom. The van der Waals surface area contributed by atoms with Crippen LogP contribution in [0.3, 0.4) is 0 Å². The lowest BCUT2D eigenvalue weighted by atomic mass is 9.84. The average Bonchev–Trinajstić information content (AvgIpc) is 2.82. The molecule has 2 aromatic rings. The van der Waals surface area contributed by atoms with E-state index in [0.717, 1.165) is 65.2 Å². The van der Waals surface area contributed by atoms with Crippen LogP contribution in [0.4, 0.5) is 0 Å². The van der Waals surface area contributed by atoms with Gasteiger partial charge in [0.1, 0.15) is 28.6 Å². The number of phenols is 2. The summed E-state index contributed by atoms with van der Waals surface area (Å²) in [5.74, 6) is 2.56. The Labute approximate surface area is 223 Å². The van der Waals surface area contributed by atoms with E-state index in [-0.39, 0.29) is 35.1 Å². The van der Waals surface area contributed by atoms with Gasteiger partial charge < -0.3 is 19.7 Å². The van der Waals surface area contributed by atoms with Crippen molar-refractivity contribution >= 4 is 5.78 Å². The maximum absolute atomic E-state index is 12.7. The van der Waals surface area contributed by atoms with Gasteiger partial charge in [0.05, 0.1) is 5.56 Å². The van der Waals surface area contributed by atoms with Gasteiger partial charge in [0.15, 0.2) is 6.61 Å². The van der Waals surface area contributed by atoms with Gasteiger partial charge in [0.2, 0.25) is 5.78 Å². The van der Waals surface area contributed by atoms with Gasteiger partial charge in [-0.3, -0.25) is 4.79 Å². The van der Waals surface area contributed by atoms with E-state index in [2.05, 4.69) is 34.6 Å². The molecule has 0 radical (unpaired) electrons. The van der Waals surface area contributed by atoms with Crippen LogP contribution in [-0.2, 0) is 6.42 Å². The van der Waals surface area contributed by atoms with Gasteiger partial charge in [-0.05, 0) is 94.0 Å². The molecule has 3 rings (SSSR count). The normalized spacial score (nSPS) is 17.8. The van der Waals surface area contributed by atoms with Crippen molar-refractivity contribution in [3.05, 3.63) is 46.0 Å². The Hall–Kier alpha value is -2.69. The molecular weight excluding hydrogens is 464 g/mol. The van der Waals surface area contributed by atoms with Crippen LogP contribution < -0.4 is 9.47 Å². The minimum absolute atomic E-state index is 0.0879. The summed E-state index contributed by atoms with van der Waals surface area (Å²) in [6.45, 7) is 15.1. The molecule has 204 valence electrons. The lowest BCUT2D eigenvalue weighted by Gasteiger charge is -2.38. The number of hydrogen-bond donors (Lipinski definition) is 2. The standard InChI is InChI=1S/C32H46O5/c1-20(2)10-8-11-21(3)12-9-16-32(7)17-15-26-24(6)30(22(4)23(5)31(26)37-32)36-19-29(35)27-14-13-25(33)18-28(27)34/h13-14,18,20-21,33-34H,8-12,15-17,19H2,1-7H3/t21-,32-/m0/s1. The minimum Gasteiger partial charge on any atom is -0.508 e. The third kappa shape index (κ3) is 7.21. The number of ether oxygens (including phenoxy) is 2. The molecule has 5 nitrogen and oxygen atoms in total. The van der Waals surface area contributed by atoms with Crippen LogP contribution in [0.25, 0.3) is 0 Å². The number of rotatable bonds is 12. The zero-order valence-electron chi connectivity index (χ0n) is 23.9. The molecule has 0 saturated heterocycles. The summed E-state index contributed by atoms with van der Waals surface area (Å²) in [5, 5.41) is 19.5. The number of benzene rings is 2. The Morgan fingerprint density at radius 1 is 1.03 bits per heavy atom. The van der Waals surface area contributed by atoms with Crippen molar-refractivity contribution in [2.75, 3.05) is 6.61 Å². The molecule has 0 aromatic heterocycles. The number of phenolic OH excluding ortho intramolecular Hbond substituents is 2. The molecule has 0 fully saturated rings. The van der Waals surface area contributed by atoms with E-state index in [1.165, 1.54) is 44.2 Å². The molecule has 0 saturated carbocycles. The topological polar surface area (TPSA) is 76.0 Å². The maximum atomic E-state index is 12.7. The van der Waals surface area contributed by atoms with Crippen molar-refractivity contribution < 1.29 is 24.5 Å². The van der Waals surface area contributed by atoms with Crippen molar-refractivity contribution in [1.29, 1.82) is 0 Å². The Bertz CT molecular complexity index is 1100. The van der Waals surface area contributed by atoms with Crippen LogP contribution in [0.1, 0.15) is 105 Å². The first-order chi connectivity index (χ1) is 17.4. The fourth-order valence-electron chi connectivity index (χ4n) is 5.49. The summed E-state index contributed by atoms with van der Waals surface area (Å²) < 4.78 is 12.7. The van der Waals surface area contributed by atoms with Crippen molar-refractivity contribution in [3.8, 4) is 23.0 Å². The van der Waals surface area contributed by atoms with Gasteiger partial charge in [-0.25, -0.2) is 0 Å². The van der Waals surface area contributed by atoms with Gasteiger partial charge in [0.25, 0.3) is 0 Å². The lowest BCUT2D eigenvalue weighted by molar-refractivity contribution is 0.0511. The van der Waals surface area contributed by atoms with Gasteiger partial charge in [0, 0.05) is 11.6 Å². The van der Waals surface area contributed by atoms with Crippen LogP contribution in [0.15, 0.2) is 18.2 Å². The molecule has 0 spiro atoms. The highest BCUT2D eigenvalue weighted by atomic mass is 16.5. The molecule has 37 heavy (non-hydrogen) atoms. The third-order valence-corrected chi connectivity index (χ3v) is 8.07. The second kappa shape index (κ2) is 12.2. The molecule has 1 heterocycles. The van der Waals surface area contributed by atoms with Gasteiger partial charge in [-0.15, -0.1) is 0 Å². The average molecular weight is 511 g/mol. The van der Waals surface area contributed by atoms with Gasteiger partial charge in [-0.2, -0.15) is 0 Å². The number of ketones is 1. The number of hydrogen-bond acceptors (Lipinski definition) is 5. The molecule has 2 atom stereocenters. The van der Waals surface area contributed by atoms with E-state index in [4.69, 9.17) is 9.47 Å². The van der Waals surface area contributed by atoms with Crippen LogP contribution >= 0.6 is 0 Å². The molecule has 5 heteroatoms. The number of Topliss-reactive ketones (excluding diaryl/α,β-unsaturated/α-hetero) is 1. The quantitative estimate of drug-likeness (QED) is 0.283. The van der Waals surface area contributed by atoms with Crippen LogP contribution in [-0.4, -0.2) is 28.2 Å². The van der Waals surface area contributed by atoms with Crippen molar-refractivity contribution in [3.63, 3.8) is 0 Å². The van der Waals surface area contributed by atoms with Crippen LogP contribution in [0.5, 0.6) is 23.0 Å². The van der Waals surface area contributed by atoms with Gasteiger partial charge >= 0.3 is 0 Å². The highest BCUT2D eigenvalue weighted by Gasteiger charge is 2.34. The second-order valence-corrected chi connectivity index (χ2v) is 11.8. The number of fused-ring (bicyclic) bond motifs is 1. The minimum atomic E-state index is -0.339. The number of carbonyl (C=O) groups excluding carboxylic acids is 1. The SMILES string of the molecule is Cc1c(C)c2c(c(C)c1OCC(=O)c1ccc(O)cc1O)CC[C@](C)(CCC[C@@H](C)CCCC(C)C)O2. The molecule has 0 bridgehead atoms. The molecule has 1 aliphatic heterocycles. The van der Waals surface area contributed by atoms with Gasteiger partial charge in [-0.1, -0.05) is 46.5 Å². The van der Waals surface area contributed by atoms with E-state index >= 15 is 0 Å². The Kier molecular flexibility index (Phi) is 9.55. The predicted octanol–water partition coefficient (Wildman–Crippen LogP) is 8.00. The summed E-state index contributed by atoms with van der Waals surface area (Å²) in [6, 6.07) is 3.96. The predicted molar refractivity (Wildman–Crippen MR) is 149 cm³/mol. The molecule has 2 aromatic carbocycles. The Morgan fingerprint density at radius 3 is 2.41 bits per heavy atom. The third-order valence-electron chi connectivity index (χ3n) is 8.07. The number of aromatic hydroxyl groups is 2. The number of carbonyl (C=O) groups is 1. The first-order valence-electron chi connectivity index (χ1n) is 13.9. The molecule has 0 aliphatic carbocycles. The van der Waals surface area contributed by atoms with E-state index < -0.39 is 0 Å². The molecular formula is C32H46O5. The van der Waals surface area contributed by atoms with Crippen LogP contribution in [0.2, 0.25) is 0 Å². The summed E-state index contributed by atoms with van der Waals surface area (Å²) >= 11 is 0. The first-order valence-corrected chi connectivity index (χ1v) is 13.9. The fourth-order valence-corrected chi connectivity index (χ4v) is 5.49. The van der Waals surface area contributed by atoms with Crippen molar-refractivity contribution in [1.82, 2.24) is 0 Å². The molecule has 1 aliphatic rings. The molecule has 0 amide bonds. The van der Waals surface area contributed by atoms with E-state index in [9.17, 15) is 15.0 Å². The lowest BCUT2D eigenvalue weighted by Crippen LogP contribution is -2.37. The summed E-state index contributed by atoms with van der Waals surface area (Å²) in [6.07, 6.45) is 9.33.